The van der Waals surface area contributed by atoms with Crippen molar-refractivity contribution in [2.24, 2.45) is 11.3 Å². The van der Waals surface area contributed by atoms with Crippen molar-refractivity contribution < 1.29 is 14.7 Å². The quantitative estimate of drug-likeness (QED) is 0.838. The summed E-state index contributed by atoms with van der Waals surface area (Å²) in [5.41, 5.74) is -0.512. The maximum absolute atomic E-state index is 12.3. The molecule has 0 aliphatic heterocycles. The van der Waals surface area contributed by atoms with E-state index in [1.54, 1.807) is 11.9 Å². The Hall–Kier alpha value is -1.26. The van der Waals surface area contributed by atoms with Crippen LogP contribution in [0.25, 0.3) is 0 Å². The van der Waals surface area contributed by atoms with Crippen molar-refractivity contribution in [3.8, 4) is 0 Å². The summed E-state index contributed by atoms with van der Waals surface area (Å²) >= 11 is 0. The van der Waals surface area contributed by atoms with E-state index in [1.165, 1.54) is 6.42 Å². The maximum Gasteiger partial charge on any atom is 0.326 e. The van der Waals surface area contributed by atoms with Gasteiger partial charge in [-0.05, 0) is 37.0 Å². The lowest BCUT2D eigenvalue weighted by molar-refractivity contribution is -0.142. The van der Waals surface area contributed by atoms with Crippen LogP contribution < -0.4 is 5.32 Å². The van der Waals surface area contributed by atoms with Crippen LogP contribution >= 0.6 is 0 Å². The van der Waals surface area contributed by atoms with Crippen LogP contribution in [0.15, 0.2) is 0 Å². The van der Waals surface area contributed by atoms with Crippen molar-refractivity contribution in [1.29, 1.82) is 0 Å². The van der Waals surface area contributed by atoms with Gasteiger partial charge < -0.3 is 15.3 Å². The van der Waals surface area contributed by atoms with Crippen molar-refractivity contribution in [2.75, 3.05) is 7.05 Å². The zero-order valence-electron chi connectivity index (χ0n) is 14.0. The van der Waals surface area contributed by atoms with Gasteiger partial charge >= 0.3 is 12.0 Å². The van der Waals surface area contributed by atoms with Gasteiger partial charge in [-0.15, -0.1) is 0 Å². The molecule has 0 radical (unpaired) electrons. The highest BCUT2D eigenvalue weighted by atomic mass is 16.4. The van der Waals surface area contributed by atoms with E-state index >= 15 is 0 Å². The van der Waals surface area contributed by atoms with Crippen LogP contribution in [0, 0.1) is 11.3 Å². The summed E-state index contributed by atoms with van der Waals surface area (Å²) in [5, 5.41) is 11.9. The molecule has 0 spiro atoms. The van der Waals surface area contributed by atoms with Gasteiger partial charge in [0.1, 0.15) is 6.04 Å². The molecule has 2 amide bonds. The SMILES string of the molecule is CCC1CCC(N(C)C(=O)N[C@H](C(=O)O)C(C)(C)C)CC1. The van der Waals surface area contributed by atoms with Crippen molar-refractivity contribution in [1.82, 2.24) is 10.2 Å². The van der Waals surface area contributed by atoms with Gasteiger partial charge in [-0.3, -0.25) is 0 Å². The molecule has 0 saturated heterocycles. The first kappa shape index (κ1) is 17.8. The van der Waals surface area contributed by atoms with Gasteiger partial charge in [0.05, 0.1) is 0 Å². The second-order valence-corrected chi connectivity index (χ2v) is 7.28. The third-order valence-electron chi connectivity index (χ3n) is 4.64. The minimum Gasteiger partial charge on any atom is -0.480 e. The number of aliphatic carboxylic acids is 1. The lowest BCUT2D eigenvalue weighted by atomic mass is 9.84. The molecule has 0 unspecified atom stereocenters. The van der Waals surface area contributed by atoms with Crippen molar-refractivity contribution >= 4 is 12.0 Å². The molecule has 2 N–H and O–H groups in total. The zero-order chi connectivity index (χ0) is 16.2. The average Bonchev–Trinajstić information content (AvgIpc) is 2.42. The first-order valence-electron chi connectivity index (χ1n) is 7.93. The number of nitrogens with zero attached hydrogens (tertiary/aromatic N) is 1. The number of rotatable bonds is 4. The molecule has 0 bridgehead atoms. The van der Waals surface area contributed by atoms with E-state index in [1.807, 2.05) is 20.8 Å². The molecule has 1 atom stereocenters. The molecule has 5 heteroatoms. The number of carbonyl (C=O) groups excluding carboxylic acids is 1. The van der Waals surface area contributed by atoms with E-state index in [0.29, 0.717) is 0 Å². The number of carbonyl (C=O) groups is 2. The van der Waals surface area contributed by atoms with Gasteiger partial charge in [0.15, 0.2) is 0 Å². The summed E-state index contributed by atoms with van der Waals surface area (Å²) in [4.78, 5) is 25.3. The average molecular weight is 298 g/mol. The summed E-state index contributed by atoms with van der Waals surface area (Å²) in [5.74, 6) is -0.210. The molecule has 0 aromatic rings. The fourth-order valence-corrected chi connectivity index (χ4v) is 2.98. The van der Waals surface area contributed by atoms with Crippen molar-refractivity contribution in [3.05, 3.63) is 0 Å². The van der Waals surface area contributed by atoms with Crippen LogP contribution in [0.4, 0.5) is 4.79 Å². The number of nitrogens with one attached hydrogen (secondary N) is 1. The van der Waals surface area contributed by atoms with Gasteiger partial charge in [0, 0.05) is 13.1 Å². The van der Waals surface area contributed by atoms with Crippen LogP contribution in [0.5, 0.6) is 0 Å². The molecule has 0 aromatic carbocycles. The van der Waals surface area contributed by atoms with Crippen LogP contribution in [0.3, 0.4) is 0 Å². The van der Waals surface area contributed by atoms with Gasteiger partial charge in [-0.2, -0.15) is 0 Å². The summed E-state index contributed by atoms with van der Waals surface area (Å²) in [7, 11) is 1.77. The fourth-order valence-electron chi connectivity index (χ4n) is 2.98. The smallest absolute Gasteiger partial charge is 0.326 e. The van der Waals surface area contributed by atoms with Crippen LogP contribution in [0.2, 0.25) is 0 Å². The van der Waals surface area contributed by atoms with E-state index in [-0.39, 0.29) is 12.1 Å². The number of hydrogen-bond acceptors (Lipinski definition) is 2. The molecule has 0 aromatic heterocycles. The Morgan fingerprint density at radius 3 is 2.14 bits per heavy atom. The van der Waals surface area contributed by atoms with E-state index in [2.05, 4.69) is 12.2 Å². The standard InChI is InChI=1S/C16H30N2O3/c1-6-11-7-9-12(10-8-11)18(5)15(21)17-13(14(19)20)16(2,3)4/h11-13H,6-10H2,1-5H3,(H,17,21)(H,19,20)/t11?,12?,13-/m1/s1. The number of urea groups is 1. The lowest BCUT2D eigenvalue weighted by Gasteiger charge is -2.36. The molecule has 1 aliphatic carbocycles. The predicted molar refractivity (Wildman–Crippen MR) is 83.2 cm³/mol. The first-order valence-corrected chi connectivity index (χ1v) is 7.93. The summed E-state index contributed by atoms with van der Waals surface area (Å²) in [6.45, 7) is 7.66. The van der Waals surface area contributed by atoms with Gasteiger partial charge in [-0.1, -0.05) is 34.1 Å². The largest absolute Gasteiger partial charge is 0.480 e. The molecule has 1 aliphatic rings. The third kappa shape index (κ3) is 4.90. The predicted octanol–water partition coefficient (Wildman–Crippen LogP) is 3.10. The highest BCUT2D eigenvalue weighted by molar-refractivity contribution is 5.83. The number of hydrogen-bond donors (Lipinski definition) is 2. The summed E-state index contributed by atoms with van der Waals surface area (Å²) in [6, 6.07) is -0.932. The summed E-state index contributed by atoms with van der Waals surface area (Å²) in [6.07, 6.45) is 5.53. The van der Waals surface area contributed by atoms with Crippen molar-refractivity contribution in [3.63, 3.8) is 0 Å². The van der Waals surface area contributed by atoms with E-state index in [4.69, 9.17) is 0 Å². The number of carboxylic acids is 1. The molecular formula is C16H30N2O3. The Balaban J connectivity index is 2.60. The second-order valence-electron chi connectivity index (χ2n) is 7.28. The topological polar surface area (TPSA) is 69.6 Å². The Kier molecular flexibility index (Phi) is 6.05. The van der Waals surface area contributed by atoms with E-state index in [0.717, 1.165) is 31.6 Å². The third-order valence-corrected chi connectivity index (χ3v) is 4.64. The Labute approximate surface area is 128 Å². The minimum atomic E-state index is -0.987. The fraction of sp³-hybridized carbons (Fsp3) is 0.875. The van der Waals surface area contributed by atoms with Gasteiger partial charge in [0.2, 0.25) is 0 Å². The number of amides is 2. The first-order chi connectivity index (χ1) is 9.66. The molecule has 1 saturated carbocycles. The lowest BCUT2D eigenvalue weighted by Crippen LogP contribution is -2.54. The minimum absolute atomic E-state index is 0.224. The van der Waals surface area contributed by atoms with Gasteiger partial charge in [-0.25, -0.2) is 9.59 Å². The summed E-state index contributed by atoms with van der Waals surface area (Å²) < 4.78 is 0. The van der Waals surface area contributed by atoms with E-state index in [9.17, 15) is 14.7 Å². The molecule has 122 valence electrons. The second kappa shape index (κ2) is 7.14. The Morgan fingerprint density at radius 1 is 1.24 bits per heavy atom. The van der Waals surface area contributed by atoms with Gasteiger partial charge in [0.25, 0.3) is 0 Å². The highest BCUT2D eigenvalue weighted by Crippen LogP contribution is 2.29. The van der Waals surface area contributed by atoms with Crippen LogP contribution in [0.1, 0.15) is 59.8 Å². The van der Waals surface area contributed by atoms with Crippen molar-refractivity contribution in [2.45, 2.75) is 71.9 Å². The molecular weight excluding hydrogens is 268 g/mol. The molecule has 5 nitrogen and oxygen atoms in total. The molecule has 1 fully saturated rings. The Morgan fingerprint density at radius 2 is 1.76 bits per heavy atom. The monoisotopic (exact) mass is 298 g/mol. The Bertz CT molecular complexity index is 368. The highest BCUT2D eigenvalue weighted by Gasteiger charge is 2.34. The maximum atomic E-state index is 12.3. The molecule has 21 heavy (non-hydrogen) atoms. The van der Waals surface area contributed by atoms with Crippen LogP contribution in [-0.4, -0.2) is 41.1 Å². The molecule has 1 rings (SSSR count). The number of carboxylic acid groups (broad SMARTS) is 1. The van der Waals surface area contributed by atoms with E-state index < -0.39 is 17.4 Å². The normalized spacial score (nSPS) is 24.2. The van der Waals surface area contributed by atoms with Crippen LogP contribution in [-0.2, 0) is 4.79 Å². The molecule has 0 heterocycles. The zero-order valence-corrected chi connectivity index (χ0v) is 14.0.